The molecule has 96 valence electrons. The molecule has 2 rings (SSSR count). The zero-order chi connectivity index (χ0) is 13.5. The van der Waals surface area contributed by atoms with Crippen molar-refractivity contribution >= 4 is 11.3 Å². The van der Waals surface area contributed by atoms with Crippen LogP contribution in [0.4, 0.5) is 0 Å². The van der Waals surface area contributed by atoms with Gasteiger partial charge in [-0.25, -0.2) is 0 Å². The summed E-state index contributed by atoms with van der Waals surface area (Å²) in [5, 5.41) is 3.10. The first-order chi connectivity index (χ1) is 8.29. The fraction of sp³-hybridized carbons (Fsp3) is 0.429. The van der Waals surface area contributed by atoms with Crippen molar-refractivity contribution in [3.05, 3.63) is 46.7 Å². The van der Waals surface area contributed by atoms with Crippen LogP contribution in [0.3, 0.4) is 0 Å². The minimum absolute atomic E-state index is 1.13. The second kappa shape index (κ2) is 14.8. The molecule has 0 fully saturated rings. The monoisotopic (exact) mass is 252 g/mol. The first kappa shape index (κ1) is 18.2. The van der Waals surface area contributed by atoms with Crippen molar-refractivity contribution in [3.63, 3.8) is 0 Å². The van der Waals surface area contributed by atoms with Crippen molar-refractivity contribution < 1.29 is 0 Å². The predicted molar refractivity (Wildman–Crippen MR) is 78.5 cm³/mol. The third-order valence-electron chi connectivity index (χ3n) is 1.37. The lowest BCUT2D eigenvalue weighted by Crippen LogP contribution is -1.69. The van der Waals surface area contributed by atoms with Gasteiger partial charge in [0.25, 0.3) is 0 Å². The van der Waals surface area contributed by atoms with Crippen LogP contribution in [0.1, 0.15) is 38.3 Å². The Morgan fingerprint density at radius 3 is 1.82 bits per heavy atom. The van der Waals surface area contributed by atoms with Gasteiger partial charge in [-0.2, -0.15) is 0 Å². The summed E-state index contributed by atoms with van der Waals surface area (Å²) in [7, 11) is 0. The Balaban J connectivity index is 0. The van der Waals surface area contributed by atoms with Gasteiger partial charge >= 0.3 is 0 Å². The standard InChI is InChI=1S/C6H7N.C4H5NS.2C2H6/c1-6-3-2-4-7-5-6;1-4-5-2-3-6-4;2*1-2/h2-5H,1H3;2-3H,1H3;2*1-2H3. The van der Waals surface area contributed by atoms with E-state index in [0.29, 0.717) is 0 Å². The Kier molecular flexibility index (Phi) is 15.8. The molecule has 17 heavy (non-hydrogen) atoms. The normalized spacial score (nSPS) is 7.41. The van der Waals surface area contributed by atoms with Crippen LogP contribution in [-0.4, -0.2) is 9.97 Å². The van der Waals surface area contributed by atoms with E-state index in [9.17, 15) is 0 Å². The van der Waals surface area contributed by atoms with E-state index in [1.807, 2.05) is 65.3 Å². The van der Waals surface area contributed by atoms with E-state index < -0.39 is 0 Å². The molecule has 2 nitrogen and oxygen atoms in total. The zero-order valence-corrected chi connectivity index (χ0v) is 12.6. The molecule has 0 saturated heterocycles. The van der Waals surface area contributed by atoms with E-state index in [1.165, 1.54) is 5.56 Å². The van der Waals surface area contributed by atoms with Gasteiger partial charge in [0.15, 0.2) is 0 Å². The highest BCUT2D eigenvalue weighted by Crippen LogP contribution is 1.98. The summed E-state index contributed by atoms with van der Waals surface area (Å²) in [6, 6.07) is 3.95. The van der Waals surface area contributed by atoms with Crippen LogP contribution >= 0.6 is 11.3 Å². The number of rotatable bonds is 0. The average molecular weight is 252 g/mol. The summed E-state index contributed by atoms with van der Waals surface area (Å²) in [4.78, 5) is 7.82. The van der Waals surface area contributed by atoms with Gasteiger partial charge in [-0.3, -0.25) is 9.97 Å². The number of hydrogen-bond acceptors (Lipinski definition) is 3. The second-order valence-corrected chi connectivity index (χ2v) is 3.68. The first-order valence-corrected chi connectivity index (χ1v) is 6.90. The molecule has 0 spiro atoms. The Morgan fingerprint density at radius 1 is 1.00 bits per heavy atom. The summed E-state index contributed by atoms with van der Waals surface area (Å²) in [5.74, 6) is 0. The van der Waals surface area contributed by atoms with Crippen LogP contribution in [0.5, 0.6) is 0 Å². The maximum absolute atomic E-state index is 3.94. The number of thiazole rings is 1. The van der Waals surface area contributed by atoms with Crippen molar-refractivity contribution in [1.29, 1.82) is 0 Å². The molecule has 0 amide bonds. The Hall–Kier alpha value is -1.22. The van der Waals surface area contributed by atoms with Crippen LogP contribution in [0.15, 0.2) is 36.1 Å². The lowest BCUT2D eigenvalue weighted by Gasteiger charge is -1.82. The molecule has 0 atom stereocenters. The van der Waals surface area contributed by atoms with E-state index in [0.717, 1.165) is 5.01 Å². The van der Waals surface area contributed by atoms with Gasteiger partial charge in [0.05, 0.1) is 5.01 Å². The summed E-state index contributed by atoms with van der Waals surface area (Å²) in [5.41, 5.74) is 1.21. The third kappa shape index (κ3) is 12.7. The van der Waals surface area contributed by atoms with Gasteiger partial charge < -0.3 is 0 Å². The van der Waals surface area contributed by atoms with E-state index in [2.05, 4.69) is 9.97 Å². The van der Waals surface area contributed by atoms with Crippen LogP contribution in [0, 0.1) is 13.8 Å². The fourth-order valence-corrected chi connectivity index (χ4v) is 1.18. The van der Waals surface area contributed by atoms with Crippen LogP contribution < -0.4 is 0 Å². The molecule has 2 aromatic rings. The fourth-order valence-electron chi connectivity index (χ4n) is 0.743. The van der Waals surface area contributed by atoms with Crippen molar-refractivity contribution in [3.8, 4) is 0 Å². The quantitative estimate of drug-likeness (QED) is 0.667. The van der Waals surface area contributed by atoms with Gasteiger partial charge in [-0.15, -0.1) is 11.3 Å². The summed E-state index contributed by atoms with van der Waals surface area (Å²) in [6.45, 7) is 12.0. The van der Waals surface area contributed by atoms with Crippen molar-refractivity contribution in [2.45, 2.75) is 41.5 Å². The highest BCUT2D eigenvalue weighted by Gasteiger charge is 1.76. The largest absolute Gasteiger partial charge is 0.264 e. The van der Waals surface area contributed by atoms with Crippen LogP contribution in [0.2, 0.25) is 0 Å². The molecule has 0 bridgehead atoms. The molecule has 2 aromatic heterocycles. The van der Waals surface area contributed by atoms with Crippen LogP contribution in [-0.2, 0) is 0 Å². The van der Waals surface area contributed by atoms with Gasteiger partial charge in [0.1, 0.15) is 0 Å². The summed E-state index contributed by atoms with van der Waals surface area (Å²) in [6.07, 6.45) is 5.41. The molecule has 0 aliphatic rings. The molecular weight excluding hydrogens is 228 g/mol. The molecule has 0 saturated carbocycles. The molecular formula is C14H24N2S. The van der Waals surface area contributed by atoms with Crippen molar-refractivity contribution in [1.82, 2.24) is 9.97 Å². The summed E-state index contributed by atoms with van der Waals surface area (Å²) >= 11 is 1.67. The van der Waals surface area contributed by atoms with E-state index in [1.54, 1.807) is 23.7 Å². The van der Waals surface area contributed by atoms with Crippen molar-refractivity contribution in [2.75, 3.05) is 0 Å². The van der Waals surface area contributed by atoms with Gasteiger partial charge in [-0.1, -0.05) is 33.8 Å². The average Bonchev–Trinajstić information content (AvgIpc) is 2.87. The van der Waals surface area contributed by atoms with Crippen molar-refractivity contribution in [2.24, 2.45) is 0 Å². The molecule has 2 heterocycles. The van der Waals surface area contributed by atoms with E-state index >= 15 is 0 Å². The molecule has 0 unspecified atom stereocenters. The third-order valence-corrected chi connectivity index (χ3v) is 2.07. The SMILES string of the molecule is CC.CC.Cc1cccnc1.Cc1nccs1. The number of aryl methyl sites for hydroxylation is 2. The zero-order valence-electron chi connectivity index (χ0n) is 11.8. The van der Waals surface area contributed by atoms with Gasteiger partial charge in [0.2, 0.25) is 0 Å². The highest BCUT2D eigenvalue weighted by atomic mass is 32.1. The lowest BCUT2D eigenvalue weighted by molar-refractivity contribution is 1.27. The lowest BCUT2D eigenvalue weighted by atomic mass is 10.3. The number of aromatic nitrogens is 2. The Bertz CT molecular complexity index is 317. The van der Waals surface area contributed by atoms with E-state index in [-0.39, 0.29) is 0 Å². The van der Waals surface area contributed by atoms with Gasteiger partial charge in [-0.05, 0) is 25.5 Å². The molecule has 0 radical (unpaired) electrons. The molecule has 0 aliphatic carbocycles. The van der Waals surface area contributed by atoms with E-state index in [4.69, 9.17) is 0 Å². The maximum Gasteiger partial charge on any atom is 0.0893 e. The molecule has 0 aromatic carbocycles. The maximum atomic E-state index is 3.94. The number of nitrogens with zero attached hydrogens (tertiary/aromatic N) is 2. The first-order valence-electron chi connectivity index (χ1n) is 6.02. The van der Waals surface area contributed by atoms with Gasteiger partial charge in [0, 0.05) is 24.0 Å². The molecule has 3 heteroatoms. The topological polar surface area (TPSA) is 25.8 Å². The van der Waals surface area contributed by atoms with Crippen LogP contribution in [0.25, 0.3) is 0 Å². The minimum Gasteiger partial charge on any atom is -0.264 e. The second-order valence-electron chi connectivity index (χ2n) is 2.58. The molecule has 0 aliphatic heterocycles. The smallest absolute Gasteiger partial charge is 0.0893 e. The summed E-state index contributed by atoms with van der Waals surface area (Å²) < 4.78 is 0. The number of pyridine rings is 1. The Labute approximate surface area is 110 Å². The Morgan fingerprint density at radius 2 is 1.65 bits per heavy atom. The molecule has 0 N–H and O–H groups in total. The number of hydrogen-bond donors (Lipinski definition) is 0. The predicted octanol–water partition coefficient (Wildman–Crippen LogP) is 4.89. The minimum atomic E-state index is 1.13. The highest BCUT2D eigenvalue weighted by molar-refractivity contribution is 7.09.